The number of ketones is 1. The standard InChI is InChI=1S/C15H15N3O2/c1-7-4-5-8(2)10(6-7)13(19)12-11-9(3)17-18-15(11)20-14(12)16/h4-6H,16H2,1-3H3,(H,17,18). The lowest BCUT2D eigenvalue weighted by atomic mass is 9.96. The number of H-pyrrole nitrogens is 1. The highest BCUT2D eigenvalue weighted by Gasteiger charge is 2.24. The van der Waals surface area contributed by atoms with E-state index in [1.807, 2.05) is 39.0 Å². The van der Waals surface area contributed by atoms with Crippen LogP contribution in [0.4, 0.5) is 5.88 Å². The van der Waals surface area contributed by atoms with Gasteiger partial charge in [-0.25, -0.2) is 0 Å². The third kappa shape index (κ3) is 1.71. The molecule has 0 atom stereocenters. The fourth-order valence-electron chi connectivity index (χ4n) is 2.39. The predicted molar refractivity (Wildman–Crippen MR) is 76.9 cm³/mol. The summed E-state index contributed by atoms with van der Waals surface area (Å²) >= 11 is 0. The number of hydrogen-bond donors (Lipinski definition) is 2. The molecule has 5 nitrogen and oxygen atoms in total. The number of aryl methyl sites for hydroxylation is 3. The molecule has 3 rings (SSSR count). The highest BCUT2D eigenvalue weighted by Crippen LogP contribution is 2.31. The zero-order valence-electron chi connectivity index (χ0n) is 11.6. The lowest BCUT2D eigenvalue weighted by molar-refractivity contribution is 0.104. The topological polar surface area (TPSA) is 84.9 Å². The summed E-state index contributed by atoms with van der Waals surface area (Å²) in [4.78, 5) is 12.8. The Kier molecular flexibility index (Phi) is 2.64. The lowest BCUT2D eigenvalue weighted by Crippen LogP contribution is -2.06. The number of carbonyl (C=O) groups is 1. The van der Waals surface area contributed by atoms with Crippen molar-refractivity contribution in [3.63, 3.8) is 0 Å². The summed E-state index contributed by atoms with van der Waals surface area (Å²) in [7, 11) is 0. The highest BCUT2D eigenvalue weighted by molar-refractivity contribution is 6.19. The normalized spacial score (nSPS) is 11.2. The van der Waals surface area contributed by atoms with Gasteiger partial charge in [0.15, 0.2) is 5.78 Å². The molecular weight excluding hydrogens is 254 g/mol. The maximum Gasteiger partial charge on any atom is 0.248 e. The van der Waals surface area contributed by atoms with E-state index in [0.717, 1.165) is 16.8 Å². The summed E-state index contributed by atoms with van der Waals surface area (Å²) in [6.07, 6.45) is 0. The molecule has 102 valence electrons. The average molecular weight is 269 g/mol. The number of rotatable bonds is 2. The van der Waals surface area contributed by atoms with Gasteiger partial charge in [-0.3, -0.25) is 9.89 Å². The molecule has 0 spiro atoms. The van der Waals surface area contributed by atoms with Crippen molar-refractivity contribution in [2.24, 2.45) is 0 Å². The molecule has 0 aliphatic rings. The zero-order valence-corrected chi connectivity index (χ0v) is 11.6. The smallest absolute Gasteiger partial charge is 0.248 e. The van der Waals surface area contributed by atoms with Crippen LogP contribution < -0.4 is 5.73 Å². The second kappa shape index (κ2) is 4.23. The fraction of sp³-hybridized carbons (Fsp3) is 0.200. The van der Waals surface area contributed by atoms with E-state index in [0.29, 0.717) is 22.2 Å². The predicted octanol–water partition coefficient (Wildman–Crippen LogP) is 2.89. The van der Waals surface area contributed by atoms with Crippen LogP contribution in [0, 0.1) is 20.8 Å². The minimum atomic E-state index is -0.132. The highest BCUT2D eigenvalue weighted by atomic mass is 16.4. The van der Waals surface area contributed by atoms with Crippen LogP contribution in [0.2, 0.25) is 0 Å². The van der Waals surface area contributed by atoms with Crippen LogP contribution >= 0.6 is 0 Å². The van der Waals surface area contributed by atoms with Gasteiger partial charge in [0.25, 0.3) is 0 Å². The van der Waals surface area contributed by atoms with Crippen molar-refractivity contribution >= 4 is 22.8 Å². The molecule has 3 aromatic rings. The number of anilines is 1. The molecule has 0 aliphatic carbocycles. The van der Waals surface area contributed by atoms with E-state index in [-0.39, 0.29) is 11.7 Å². The minimum absolute atomic E-state index is 0.116. The van der Waals surface area contributed by atoms with Gasteiger partial charge in [-0.05, 0) is 32.4 Å². The molecule has 1 aromatic carbocycles. The van der Waals surface area contributed by atoms with E-state index in [9.17, 15) is 4.79 Å². The van der Waals surface area contributed by atoms with Gasteiger partial charge in [-0.1, -0.05) is 17.7 Å². The molecule has 0 aliphatic heterocycles. The first-order valence-electron chi connectivity index (χ1n) is 6.34. The SMILES string of the molecule is Cc1ccc(C)c(C(=O)c2c(N)oc3n[nH]c(C)c23)c1. The van der Waals surface area contributed by atoms with Crippen molar-refractivity contribution < 1.29 is 9.21 Å². The van der Waals surface area contributed by atoms with Crippen molar-refractivity contribution in [3.05, 3.63) is 46.1 Å². The molecule has 0 amide bonds. The van der Waals surface area contributed by atoms with Crippen LogP contribution in [-0.4, -0.2) is 16.0 Å². The van der Waals surface area contributed by atoms with Crippen molar-refractivity contribution in [2.75, 3.05) is 5.73 Å². The van der Waals surface area contributed by atoms with E-state index >= 15 is 0 Å². The second-order valence-corrected chi connectivity index (χ2v) is 5.02. The van der Waals surface area contributed by atoms with Crippen molar-refractivity contribution in [3.8, 4) is 0 Å². The Morgan fingerprint density at radius 3 is 2.80 bits per heavy atom. The molecule has 0 fully saturated rings. The third-order valence-electron chi connectivity index (χ3n) is 3.48. The Morgan fingerprint density at radius 1 is 1.30 bits per heavy atom. The van der Waals surface area contributed by atoms with Gasteiger partial charge < -0.3 is 10.2 Å². The molecule has 0 saturated carbocycles. The molecule has 0 radical (unpaired) electrons. The van der Waals surface area contributed by atoms with Crippen molar-refractivity contribution in [2.45, 2.75) is 20.8 Å². The molecular formula is C15H15N3O2. The first-order valence-corrected chi connectivity index (χ1v) is 6.34. The number of nitrogens with zero attached hydrogens (tertiary/aromatic N) is 1. The Hall–Kier alpha value is -2.56. The van der Waals surface area contributed by atoms with Crippen molar-refractivity contribution in [1.29, 1.82) is 0 Å². The van der Waals surface area contributed by atoms with Crippen LogP contribution in [-0.2, 0) is 0 Å². The van der Waals surface area contributed by atoms with Crippen LogP contribution in [0.15, 0.2) is 22.6 Å². The maximum absolute atomic E-state index is 12.8. The number of aromatic nitrogens is 2. The number of nitrogen functional groups attached to an aromatic ring is 1. The number of carbonyl (C=O) groups excluding carboxylic acids is 1. The van der Waals surface area contributed by atoms with E-state index < -0.39 is 0 Å². The Balaban J connectivity index is 2.24. The Bertz CT molecular complexity index is 827. The molecule has 2 heterocycles. The number of nitrogens with one attached hydrogen (secondary N) is 1. The number of hydrogen-bond acceptors (Lipinski definition) is 4. The zero-order chi connectivity index (χ0) is 14.4. The summed E-state index contributed by atoms with van der Waals surface area (Å²) in [6.45, 7) is 5.69. The number of aromatic amines is 1. The van der Waals surface area contributed by atoms with Gasteiger partial charge in [-0.2, -0.15) is 0 Å². The van der Waals surface area contributed by atoms with Crippen LogP contribution in [0.3, 0.4) is 0 Å². The first-order chi connectivity index (χ1) is 9.49. The number of fused-ring (bicyclic) bond motifs is 1. The fourth-order valence-corrected chi connectivity index (χ4v) is 2.39. The summed E-state index contributed by atoms with van der Waals surface area (Å²) in [6, 6.07) is 5.77. The molecule has 5 heteroatoms. The maximum atomic E-state index is 12.8. The molecule has 0 unspecified atom stereocenters. The summed E-state index contributed by atoms with van der Waals surface area (Å²) in [5.41, 5.74) is 9.96. The van der Waals surface area contributed by atoms with Gasteiger partial charge in [-0.15, -0.1) is 5.10 Å². The van der Waals surface area contributed by atoms with E-state index in [1.54, 1.807) is 0 Å². The largest absolute Gasteiger partial charge is 0.420 e. The summed E-state index contributed by atoms with van der Waals surface area (Å²) in [5.74, 6) is -0.0162. The first kappa shape index (κ1) is 12.5. The van der Waals surface area contributed by atoms with Gasteiger partial charge in [0.1, 0.15) is 0 Å². The van der Waals surface area contributed by atoms with Gasteiger partial charge in [0.2, 0.25) is 11.6 Å². The molecule has 2 aromatic heterocycles. The Morgan fingerprint density at radius 2 is 2.05 bits per heavy atom. The van der Waals surface area contributed by atoms with Crippen LogP contribution in [0.25, 0.3) is 11.1 Å². The van der Waals surface area contributed by atoms with Gasteiger partial charge >= 0.3 is 0 Å². The Labute approximate surface area is 115 Å². The van der Waals surface area contributed by atoms with E-state index in [1.165, 1.54) is 0 Å². The monoisotopic (exact) mass is 269 g/mol. The summed E-state index contributed by atoms with van der Waals surface area (Å²) < 4.78 is 5.35. The lowest BCUT2D eigenvalue weighted by Gasteiger charge is -2.06. The molecule has 0 saturated heterocycles. The summed E-state index contributed by atoms with van der Waals surface area (Å²) in [5, 5.41) is 7.46. The van der Waals surface area contributed by atoms with Crippen LogP contribution in [0.1, 0.15) is 32.7 Å². The second-order valence-electron chi connectivity index (χ2n) is 5.02. The molecule has 3 N–H and O–H groups in total. The van der Waals surface area contributed by atoms with Gasteiger partial charge in [0, 0.05) is 11.3 Å². The number of benzene rings is 1. The third-order valence-corrected chi connectivity index (χ3v) is 3.48. The van der Waals surface area contributed by atoms with Crippen molar-refractivity contribution in [1.82, 2.24) is 10.2 Å². The molecule has 0 bridgehead atoms. The number of nitrogens with two attached hydrogens (primary N) is 1. The quantitative estimate of drug-likeness (QED) is 0.700. The minimum Gasteiger partial charge on any atom is -0.420 e. The molecule has 20 heavy (non-hydrogen) atoms. The van der Waals surface area contributed by atoms with Gasteiger partial charge in [0.05, 0.1) is 10.9 Å². The number of furan rings is 1. The van der Waals surface area contributed by atoms with E-state index in [2.05, 4.69) is 10.2 Å². The van der Waals surface area contributed by atoms with Crippen LogP contribution in [0.5, 0.6) is 0 Å². The average Bonchev–Trinajstić information content (AvgIpc) is 2.91. The van der Waals surface area contributed by atoms with E-state index in [4.69, 9.17) is 10.2 Å².